The summed E-state index contributed by atoms with van der Waals surface area (Å²) in [6.07, 6.45) is -0.983. The zero-order valence-corrected chi connectivity index (χ0v) is 10.4. The van der Waals surface area contributed by atoms with E-state index < -0.39 is 12.2 Å². The van der Waals surface area contributed by atoms with Crippen LogP contribution in [0, 0.1) is 0 Å². The number of ether oxygens (including phenoxy) is 3. The van der Waals surface area contributed by atoms with Gasteiger partial charge in [-0.25, -0.2) is 4.79 Å². The van der Waals surface area contributed by atoms with Crippen LogP contribution in [0.1, 0.15) is 6.92 Å². The van der Waals surface area contributed by atoms with Gasteiger partial charge in [0.2, 0.25) is 5.91 Å². The van der Waals surface area contributed by atoms with E-state index in [1.54, 1.807) is 14.0 Å². The number of alkyl carbamates (subject to hydrolysis) is 1. The predicted molar refractivity (Wildman–Crippen MR) is 60.7 cm³/mol. The fourth-order valence-corrected chi connectivity index (χ4v) is 0.930. The van der Waals surface area contributed by atoms with E-state index in [9.17, 15) is 9.59 Å². The van der Waals surface area contributed by atoms with E-state index in [-0.39, 0.29) is 12.5 Å². The van der Waals surface area contributed by atoms with Gasteiger partial charge in [-0.05, 0) is 6.92 Å². The van der Waals surface area contributed by atoms with E-state index in [0.717, 1.165) is 0 Å². The van der Waals surface area contributed by atoms with Crippen molar-refractivity contribution in [1.82, 2.24) is 10.6 Å². The lowest BCUT2D eigenvalue weighted by molar-refractivity contribution is -0.132. The molecule has 0 aliphatic heterocycles. The number of carbonyl (C=O) groups excluding carboxylic acids is 2. The van der Waals surface area contributed by atoms with Gasteiger partial charge in [0, 0.05) is 14.1 Å². The van der Waals surface area contributed by atoms with Crippen LogP contribution in [-0.2, 0) is 19.0 Å². The first-order chi connectivity index (χ1) is 8.11. The number of rotatable bonds is 8. The molecule has 7 nitrogen and oxygen atoms in total. The van der Waals surface area contributed by atoms with Gasteiger partial charge in [-0.3, -0.25) is 4.79 Å². The van der Waals surface area contributed by atoms with Crippen molar-refractivity contribution >= 4 is 12.0 Å². The second-order valence-corrected chi connectivity index (χ2v) is 3.13. The summed E-state index contributed by atoms with van der Waals surface area (Å²) in [4.78, 5) is 21.7. The summed E-state index contributed by atoms with van der Waals surface area (Å²) in [7, 11) is 3.03. The summed E-state index contributed by atoms with van der Waals surface area (Å²) in [5.74, 6) is -0.173. The number of hydrogen-bond acceptors (Lipinski definition) is 5. The van der Waals surface area contributed by atoms with Crippen LogP contribution in [0.25, 0.3) is 0 Å². The van der Waals surface area contributed by atoms with Gasteiger partial charge in [0.25, 0.3) is 0 Å². The Morgan fingerprint density at radius 3 is 2.29 bits per heavy atom. The van der Waals surface area contributed by atoms with Crippen LogP contribution in [-0.4, -0.2) is 58.6 Å². The Morgan fingerprint density at radius 1 is 1.06 bits per heavy atom. The third kappa shape index (κ3) is 8.47. The molecule has 0 aromatic heterocycles. The van der Waals surface area contributed by atoms with Crippen LogP contribution in [0.2, 0.25) is 0 Å². The molecule has 0 radical (unpaired) electrons. The summed E-state index contributed by atoms with van der Waals surface area (Å²) < 4.78 is 15.0. The second kappa shape index (κ2) is 9.86. The molecule has 0 saturated carbocycles. The summed E-state index contributed by atoms with van der Waals surface area (Å²) in [6, 6.07) is 0. The minimum atomic E-state index is -0.495. The third-order valence-corrected chi connectivity index (χ3v) is 1.88. The van der Waals surface area contributed by atoms with E-state index in [0.29, 0.717) is 19.8 Å². The van der Waals surface area contributed by atoms with Crippen molar-refractivity contribution in [3.05, 3.63) is 0 Å². The Morgan fingerprint density at radius 2 is 1.71 bits per heavy atom. The summed E-state index contributed by atoms with van der Waals surface area (Å²) in [6.45, 7) is 2.80. The van der Waals surface area contributed by atoms with E-state index >= 15 is 0 Å². The minimum absolute atomic E-state index is 0.173. The van der Waals surface area contributed by atoms with Crippen molar-refractivity contribution in [3.63, 3.8) is 0 Å². The zero-order chi connectivity index (χ0) is 13.1. The van der Waals surface area contributed by atoms with Crippen LogP contribution in [0.5, 0.6) is 0 Å². The third-order valence-electron chi connectivity index (χ3n) is 1.88. The number of amides is 2. The highest BCUT2D eigenvalue weighted by molar-refractivity contribution is 5.79. The lowest BCUT2D eigenvalue weighted by Crippen LogP contribution is -2.32. The molecule has 2 amide bonds. The molecule has 100 valence electrons. The maximum absolute atomic E-state index is 11.0. The molecule has 0 rings (SSSR count). The highest BCUT2D eigenvalue weighted by atomic mass is 16.6. The van der Waals surface area contributed by atoms with Gasteiger partial charge < -0.3 is 24.8 Å². The average molecular weight is 248 g/mol. The molecule has 17 heavy (non-hydrogen) atoms. The normalized spacial score (nSPS) is 11.7. The van der Waals surface area contributed by atoms with Gasteiger partial charge >= 0.3 is 6.09 Å². The van der Waals surface area contributed by atoms with E-state index in [1.807, 2.05) is 0 Å². The van der Waals surface area contributed by atoms with Crippen LogP contribution < -0.4 is 10.6 Å². The summed E-state index contributed by atoms with van der Waals surface area (Å²) in [5.41, 5.74) is 0. The summed E-state index contributed by atoms with van der Waals surface area (Å²) in [5, 5.41) is 4.79. The molecule has 0 aromatic rings. The molecule has 0 fully saturated rings. The molecule has 1 atom stereocenters. The Hall–Kier alpha value is -1.34. The Balaban J connectivity index is 3.29. The molecule has 0 aliphatic rings. The van der Waals surface area contributed by atoms with Crippen molar-refractivity contribution in [2.75, 3.05) is 40.5 Å². The summed E-state index contributed by atoms with van der Waals surface area (Å²) >= 11 is 0. The van der Waals surface area contributed by atoms with Crippen LogP contribution >= 0.6 is 0 Å². The van der Waals surface area contributed by atoms with Crippen molar-refractivity contribution in [1.29, 1.82) is 0 Å². The fourth-order valence-electron chi connectivity index (χ4n) is 0.930. The SMILES string of the molecule is CNC(=O)OCCOCCOC(C)C(=O)NC. The standard InChI is InChI=1S/C10H20N2O5/c1-8(9(13)11-2)16-6-4-15-5-7-17-10(14)12-3/h8H,4-7H2,1-3H3,(H,11,13)(H,12,14). The Labute approximate surface area is 101 Å². The quantitative estimate of drug-likeness (QED) is 0.566. The van der Waals surface area contributed by atoms with Crippen LogP contribution in [0.4, 0.5) is 4.79 Å². The molecule has 0 bridgehead atoms. The molecule has 0 saturated heterocycles. The van der Waals surface area contributed by atoms with Crippen molar-refractivity contribution in [2.24, 2.45) is 0 Å². The van der Waals surface area contributed by atoms with Gasteiger partial charge in [0.1, 0.15) is 12.7 Å². The number of likely N-dealkylation sites (N-methyl/N-ethyl adjacent to an activating group) is 1. The van der Waals surface area contributed by atoms with E-state index in [1.165, 1.54) is 7.05 Å². The molecular formula is C10H20N2O5. The average Bonchev–Trinajstić information content (AvgIpc) is 2.35. The fraction of sp³-hybridized carbons (Fsp3) is 0.800. The molecule has 0 spiro atoms. The first-order valence-electron chi connectivity index (χ1n) is 5.37. The maximum atomic E-state index is 11.0. The highest BCUT2D eigenvalue weighted by Gasteiger charge is 2.10. The van der Waals surface area contributed by atoms with Crippen molar-refractivity contribution < 1.29 is 23.8 Å². The number of hydrogen-bond donors (Lipinski definition) is 2. The van der Waals surface area contributed by atoms with Gasteiger partial charge in [-0.2, -0.15) is 0 Å². The van der Waals surface area contributed by atoms with Gasteiger partial charge in [0.15, 0.2) is 0 Å². The molecular weight excluding hydrogens is 228 g/mol. The van der Waals surface area contributed by atoms with Gasteiger partial charge in [0.05, 0.1) is 19.8 Å². The zero-order valence-electron chi connectivity index (χ0n) is 10.4. The van der Waals surface area contributed by atoms with Gasteiger partial charge in [-0.1, -0.05) is 0 Å². The lowest BCUT2D eigenvalue weighted by atomic mass is 10.4. The lowest BCUT2D eigenvalue weighted by Gasteiger charge is -2.11. The van der Waals surface area contributed by atoms with Gasteiger partial charge in [-0.15, -0.1) is 0 Å². The maximum Gasteiger partial charge on any atom is 0.406 e. The molecule has 2 N–H and O–H groups in total. The topological polar surface area (TPSA) is 85.9 Å². The largest absolute Gasteiger partial charge is 0.447 e. The molecule has 0 aromatic carbocycles. The van der Waals surface area contributed by atoms with E-state index in [2.05, 4.69) is 10.6 Å². The van der Waals surface area contributed by atoms with Crippen molar-refractivity contribution in [3.8, 4) is 0 Å². The van der Waals surface area contributed by atoms with Crippen LogP contribution in [0.15, 0.2) is 0 Å². The van der Waals surface area contributed by atoms with E-state index in [4.69, 9.17) is 14.2 Å². The molecule has 7 heteroatoms. The number of carbonyl (C=O) groups is 2. The first-order valence-corrected chi connectivity index (χ1v) is 5.37. The monoisotopic (exact) mass is 248 g/mol. The smallest absolute Gasteiger partial charge is 0.406 e. The van der Waals surface area contributed by atoms with Crippen molar-refractivity contribution in [2.45, 2.75) is 13.0 Å². The molecule has 1 unspecified atom stereocenters. The minimum Gasteiger partial charge on any atom is -0.447 e. The highest BCUT2D eigenvalue weighted by Crippen LogP contribution is 1.90. The Bertz CT molecular complexity index is 235. The molecule has 0 aliphatic carbocycles. The second-order valence-electron chi connectivity index (χ2n) is 3.13. The molecule has 0 heterocycles. The van der Waals surface area contributed by atoms with Crippen LogP contribution in [0.3, 0.4) is 0 Å². The Kier molecular flexibility index (Phi) is 9.08. The first kappa shape index (κ1) is 15.7. The number of nitrogens with one attached hydrogen (secondary N) is 2. The predicted octanol–water partition coefficient (Wildman–Crippen LogP) is -0.490.